The molecule has 180 valence electrons. The number of para-hydroxylation sites is 1. The van der Waals surface area contributed by atoms with Gasteiger partial charge in [-0.3, -0.25) is 0 Å². The van der Waals surface area contributed by atoms with Gasteiger partial charge in [-0.15, -0.1) is 0 Å². The van der Waals surface area contributed by atoms with Crippen molar-refractivity contribution >= 4 is 11.4 Å². The highest BCUT2D eigenvalue weighted by Crippen LogP contribution is 2.43. The summed E-state index contributed by atoms with van der Waals surface area (Å²) in [5.41, 5.74) is 11.4. The first kappa shape index (κ1) is 23.1. The van der Waals surface area contributed by atoms with Crippen LogP contribution in [0.25, 0.3) is 22.3 Å². The molecule has 37 heavy (non-hydrogen) atoms. The predicted molar refractivity (Wildman–Crippen MR) is 158 cm³/mol. The van der Waals surface area contributed by atoms with Crippen LogP contribution in [0.15, 0.2) is 156 Å². The van der Waals surface area contributed by atoms with Gasteiger partial charge in [0.1, 0.15) is 0 Å². The first-order chi connectivity index (χ1) is 18.4. The number of allylic oxidation sites excluding steroid dienone is 6. The van der Waals surface area contributed by atoms with Gasteiger partial charge in [-0.05, 0) is 71.7 Å². The van der Waals surface area contributed by atoms with Gasteiger partial charge in [0.2, 0.25) is 0 Å². The lowest BCUT2D eigenvalue weighted by Gasteiger charge is -2.34. The van der Waals surface area contributed by atoms with Crippen LogP contribution in [0, 0.1) is 0 Å². The fourth-order valence-corrected chi connectivity index (χ4v) is 5.39. The summed E-state index contributed by atoms with van der Waals surface area (Å²) >= 11 is 0. The van der Waals surface area contributed by atoms with Crippen LogP contribution >= 0.6 is 0 Å². The van der Waals surface area contributed by atoms with E-state index in [1.807, 2.05) is 0 Å². The Hall–Kier alpha value is -4.36. The normalized spacial score (nSPS) is 15.0. The zero-order valence-corrected chi connectivity index (χ0v) is 21.1. The third kappa shape index (κ3) is 4.86. The molecule has 0 heterocycles. The van der Waals surface area contributed by atoms with Crippen molar-refractivity contribution in [3.8, 4) is 22.3 Å². The Morgan fingerprint density at radius 2 is 1.27 bits per heavy atom. The molecular weight excluding hydrogens is 446 g/mol. The van der Waals surface area contributed by atoms with Crippen LogP contribution in [0.2, 0.25) is 0 Å². The molecule has 0 radical (unpaired) electrons. The molecule has 4 aromatic carbocycles. The molecule has 2 aliphatic rings. The molecule has 0 saturated carbocycles. The van der Waals surface area contributed by atoms with Gasteiger partial charge in [0.05, 0.1) is 5.69 Å². The average Bonchev–Trinajstić information content (AvgIpc) is 2.99. The van der Waals surface area contributed by atoms with E-state index in [4.69, 9.17) is 0 Å². The number of anilines is 2. The molecule has 1 heteroatoms. The quantitative estimate of drug-likeness (QED) is 0.267. The van der Waals surface area contributed by atoms with Crippen LogP contribution in [-0.2, 0) is 0 Å². The summed E-state index contributed by atoms with van der Waals surface area (Å²) in [6.07, 6.45) is 16.0. The molecule has 0 unspecified atom stereocenters. The standard InChI is InChI=1S/C36H31N/c1-4-15-28(16-5-1)31-21-14-22-32(27-31)37(35-25-12-10-23-33(35)29-17-6-2-7-18-29)36-26-13-11-24-34(36)30-19-8-3-9-20-30/h1-8,10,12,14-19,21-27H,9,11,13,20H2. The molecule has 2 aliphatic carbocycles. The Morgan fingerprint density at radius 1 is 0.568 bits per heavy atom. The van der Waals surface area contributed by atoms with Gasteiger partial charge in [0.15, 0.2) is 0 Å². The third-order valence-corrected chi connectivity index (χ3v) is 7.17. The first-order valence-electron chi connectivity index (χ1n) is 13.3. The van der Waals surface area contributed by atoms with E-state index in [-0.39, 0.29) is 0 Å². The van der Waals surface area contributed by atoms with Crippen molar-refractivity contribution in [3.63, 3.8) is 0 Å². The van der Waals surface area contributed by atoms with E-state index in [1.165, 1.54) is 50.5 Å². The van der Waals surface area contributed by atoms with Gasteiger partial charge in [-0.25, -0.2) is 0 Å². The molecule has 0 spiro atoms. The monoisotopic (exact) mass is 477 g/mol. The van der Waals surface area contributed by atoms with Gasteiger partial charge in [-0.1, -0.05) is 121 Å². The van der Waals surface area contributed by atoms with Crippen molar-refractivity contribution in [2.45, 2.75) is 25.7 Å². The highest BCUT2D eigenvalue weighted by Gasteiger charge is 2.24. The van der Waals surface area contributed by atoms with Gasteiger partial charge < -0.3 is 4.90 Å². The largest absolute Gasteiger partial charge is 0.310 e. The molecule has 0 bridgehead atoms. The van der Waals surface area contributed by atoms with Crippen molar-refractivity contribution in [1.82, 2.24) is 0 Å². The number of nitrogens with zero attached hydrogens (tertiary/aromatic N) is 1. The van der Waals surface area contributed by atoms with Crippen LogP contribution in [0.3, 0.4) is 0 Å². The summed E-state index contributed by atoms with van der Waals surface area (Å²) in [6, 6.07) is 39.2. The zero-order chi connectivity index (χ0) is 24.9. The maximum atomic E-state index is 2.49. The second kappa shape index (κ2) is 10.7. The average molecular weight is 478 g/mol. The van der Waals surface area contributed by atoms with E-state index in [0.29, 0.717) is 0 Å². The van der Waals surface area contributed by atoms with E-state index in [1.54, 1.807) is 0 Å². The second-order valence-corrected chi connectivity index (χ2v) is 9.58. The molecule has 0 atom stereocenters. The SMILES string of the molecule is C1=CCCC(C2=CCCC=C2N(c2cccc(-c3ccccc3)c2)c2ccccc2-c2ccccc2)=C1. The molecule has 1 nitrogen and oxygen atoms in total. The van der Waals surface area contributed by atoms with Crippen molar-refractivity contribution in [1.29, 1.82) is 0 Å². The van der Waals surface area contributed by atoms with Gasteiger partial charge in [0, 0.05) is 16.9 Å². The molecule has 0 amide bonds. The summed E-state index contributed by atoms with van der Waals surface area (Å²) in [7, 11) is 0. The summed E-state index contributed by atoms with van der Waals surface area (Å²) in [6.45, 7) is 0. The van der Waals surface area contributed by atoms with Crippen LogP contribution in [0.5, 0.6) is 0 Å². The van der Waals surface area contributed by atoms with Crippen LogP contribution in [0.4, 0.5) is 11.4 Å². The number of hydrogen-bond acceptors (Lipinski definition) is 1. The lowest BCUT2D eigenvalue weighted by atomic mass is 9.89. The maximum Gasteiger partial charge on any atom is 0.0540 e. The van der Waals surface area contributed by atoms with Crippen LogP contribution in [0.1, 0.15) is 25.7 Å². The predicted octanol–water partition coefficient (Wildman–Crippen LogP) is 10.0. The molecule has 6 rings (SSSR count). The summed E-state index contributed by atoms with van der Waals surface area (Å²) in [5, 5.41) is 0. The summed E-state index contributed by atoms with van der Waals surface area (Å²) in [5.74, 6) is 0. The molecule has 4 aromatic rings. The van der Waals surface area contributed by atoms with Gasteiger partial charge in [-0.2, -0.15) is 0 Å². The Kier molecular flexibility index (Phi) is 6.68. The maximum absolute atomic E-state index is 2.49. The highest BCUT2D eigenvalue weighted by molar-refractivity contribution is 5.87. The molecule has 0 aromatic heterocycles. The van der Waals surface area contributed by atoms with E-state index >= 15 is 0 Å². The topological polar surface area (TPSA) is 3.24 Å². The Labute approximate surface area is 220 Å². The molecule has 0 saturated heterocycles. The molecule has 0 N–H and O–H groups in total. The van der Waals surface area contributed by atoms with Gasteiger partial charge >= 0.3 is 0 Å². The third-order valence-electron chi connectivity index (χ3n) is 7.17. The molecule has 0 aliphatic heterocycles. The van der Waals surface area contributed by atoms with Crippen molar-refractivity contribution in [2.75, 3.05) is 4.90 Å². The smallest absolute Gasteiger partial charge is 0.0540 e. The molecular formula is C36H31N. The Bertz CT molecular complexity index is 1500. The number of rotatable bonds is 6. The first-order valence-corrected chi connectivity index (χ1v) is 13.3. The van der Waals surface area contributed by atoms with Gasteiger partial charge in [0.25, 0.3) is 0 Å². The Balaban J connectivity index is 1.55. The van der Waals surface area contributed by atoms with Crippen LogP contribution in [-0.4, -0.2) is 0 Å². The number of benzene rings is 4. The van der Waals surface area contributed by atoms with E-state index in [2.05, 4.69) is 144 Å². The lowest BCUT2D eigenvalue weighted by Crippen LogP contribution is -2.21. The summed E-state index contributed by atoms with van der Waals surface area (Å²) in [4.78, 5) is 2.49. The fourth-order valence-electron chi connectivity index (χ4n) is 5.39. The summed E-state index contributed by atoms with van der Waals surface area (Å²) < 4.78 is 0. The van der Waals surface area contributed by atoms with E-state index < -0.39 is 0 Å². The van der Waals surface area contributed by atoms with E-state index in [9.17, 15) is 0 Å². The van der Waals surface area contributed by atoms with E-state index in [0.717, 1.165) is 25.7 Å². The minimum absolute atomic E-state index is 1.05. The van der Waals surface area contributed by atoms with Crippen molar-refractivity contribution < 1.29 is 0 Å². The van der Waals surface area contributed by atoms with Crippen molar-refractivity contribution in [3.05, 3.63) is 156 Å². The minimum atomic E-state index is 1.05. The minimum Gasteiger partial charge on any atom is -0.310 e. The fraction of sp³-hybridized carbons (Fsp3) is 0.111. The second-order valence-electron chi connectivity index (χ2n) is 9.58. The van der Waals surface area contributed by atoms with Crippen molar-refractivity contribution in [2.24, 2.45) is 0 Å². The lowest BCUT2D eigenvalue weighted by molar-refractivity contribution is 0.921. The van der Waals surface area contributed by atoms with Crippen LogP contribution < -0.4 is 4.90 Å². The highest BCUT2D eigenvalue weighted by atomic mass is 15.2. The number of hydrogen-bond donors (Lipinski definition) is 0. The molecule has 0 fully saturated rings. The zero-order valence-electron chi connectivity index (χ0n) is 21.1. The Morgan fingerprint density at radius 3 is 2.05 bits per heavy atom.